The Morgan fingerprint density at radius 2 is 1.50 bits per heavy atom. The van der Waals surface area contributed by atoms with Crippen LogP contribution in [0.5, 0.6) is 0 Å². The molecule has 0 aromatic carbocycles. The number of hydrogen-bond donors (Lipinski definition) is 3. The first-order valence-electron chi connectivity index (χ1n) is 9.10. The molecule has 3 N–H and O–H groups in total. The van der Waals surface area contributed by atoms with Gasteiger partial charge in [0.15, 0.2) is 0 Å². The average molecular weight is 360 g/mol. The predicted molar refractivity (Wildman–Crippen MR) is 108 cm³/mol. The number of carbonyl (C=O) groups is 1. The van der Waals surface area contributed by atoms with Gasteiger partial charge in [0.1, 0.15) is 0 Å². The Bertz CT molecular complexity index is 524. The van der Waals surface area contributed by atoms with Crippen LogP contribution >= 0.6 is 0 Å². The zero-order valence-corrected chi connectivity index (χ0v) is 15.6. The lowest BCUT2D eigenvalue weighted by atomic mass is 10.1. The number of aliphatic hydroxyl groups is 2. The average Bonchev–Trinajstić information content (AvgIpc) is 2.61. The third-order valence-corrected chi connectivity index (χ3v) is 3.35. The van der Waals surface area contributed by atoms with E-state index in [0.29, 0.717) is 12.8 Å². The van der Waals surface area contributed by atoms with Crippen LogP contribution in [0.1, 0.15) is 45.4 Å². The minimum atomic E-state index is -0.864. The molecule has 0 bridgehead atoms. The van der Waals surface area contributed by atoms with Gasteiger partial charge < -0.3 is 15.3 Å². The van der Waals surface area contributed by atoms with Crippen molar-refractivity contribution in [1.82, 2.24) is 0 Å². The zero-order valence-electron chi connectivity index (χ0n) is 15.6. The quantitative estimate of drug-likeness (QED) is 0.315. The summed E-state index contributed by atoms with van der Waals surface area (Å²) in [5.41, 5.74) is 0. The molecule has 0 spiro atoms. The van der Waals surface area contributed by atoms with Crippen LogP contribution in [0.4, 0.5) is 0 Å². The molecule has 0 aliphatic heterocycles. The van der Waals surface area contributed by atoms with Crippen molar-refractivity contribution in [2.75, 3.05) is 0 Å². The molecule has 2 atom stereocenters. The SMILES string of the molecule is CC/C=C\C[C@H](O)[C@H](O)/C=C/C=C/C=C\C/C=C\C/C=C\CCC(=O)O. The third kappa shape index (κ3) is 16.7. The monoisotopic (exact) mass is 360 g/mol. The van der Waals surface area contributed by atoms with Crippen LogP contribution in [-0.4, -0.2) is 33.5 Å². The van der Waals surface area contributed by atoms with Crippen LogP contribution in [0.25, 0.3) is 0 Å². The van der Waals surface area contributed by atoms with Crippen LogP contribution < -0.4 is 0 Å². The maximum absolute atomic E-state index is 10.3. The highest BCUT2D eigenvalue weighted by atomic mass is 16.4. The van der Waals surface area contributed by atoms with E-state index in [1.54, 1.807) is 12.2 Å². The van der Waals surface area contributed by atoms with Crippen LogP contribution in [0, 0.1) is 0 Å². The summed E-state index contributed by atoms with van der Waals surface area (Å²) in [6.45, 7) is 2.02. The summed E-state index contributed by atoms with van der Waals surface area (Å²) in [5.74, 6) is -0.770. The van der Waals surface area contributed by atoms with E-state index in [9.17, 15) is 15.0 Å². The van der Waals surface area contributed by atoms with Crippen molar-refractivity contribution in [3.63, 3.8) is 0 Å². The van der Waals surface area contributed by atoms with Gasteiger partial charge in [0, 0.05) is 6.42 Å². The molecule has 0 heterocycles. The molecule has 0 radical (unpaired) electrons. The Balaban J connectivity index is 3.85. The van der Waals surface area contributed by atoms with Gasteiger partial charge in [-0.15, -0.1) is 0 Å². The Hall–Kier alpha value is -2.17. The highest BCUT2D eigenvalue weighted by molar-refractivity contribution is 5.66. The maximum atomic E-state index is 10.3. The van der Waals surface area contributed by atoms with Gasteiger partial charge in [-0.3, -0.25) is 4.79 Å². The van der Waals surface area contributed by atoms with Gasteiger partial charge in [-0.1, -0.05) is 79.8 Å². The van der Waals surface area contributed by atoms with Gasteiger partial charge in [0.05, 0.1) is 12.2 Å². The standard InChI is InChI=1S/C22H32O4/c1-2-3-14-17-20(23)21(24)18-15-12-10-8-6-4-5-7-9-11-13-16-19-22(25)26/h3,5-8,10-15,18,20-21,23-24H,2,4,9,16-17,19H2,1H3,(H,25,26)/b7-5-,8-6-,12-10+,13-11-,14-3-,18-15+/t20-,21+/m0/s1. The Morgan fingerprint density at radius 1 is 0.846 bits per heavy atom. The fraction of sp³-hybridized carbons (Fsp3) is 0.409. The van der Waals surface area contributed by atoms with Gasteiger partial charge in [-0.05, 0) is 32.1 Å². The molecule has 0 amide bonds. The van der Waals surface area contributed by atoms with E-state index in [0.717, 1.165) is 19.3 Å². The van der Waals surface area contributed by atoms with Crippen LogP contribution in [0.2, 0.25) is 0 Å². The summed E-state index contributed by atoms with van der Waals surface area (Å²) in [6.07, 6.45) is 24.8. The summed E-state index contributed by atoms with van der Waals surface area (Å²) < 4.78 is 0. The molecule has 4 nitrogen and oxygen atoms in total. The molecule has 0 aromatic heterocycles. The number of rotatable bonds is 14. The molecular formula is C22H32O4. The number of hydrogen-bond acceptors (Lipinski definition) is 3. The van der Waals surface area contributed by atoms with Crippen molar-refractivity contribution in [2.24, 2.45) is 0 Å². The Morgan fingerprint density at radius 3 is 2.19 bits per heavy atom. The topological polar surface area (TPSA) is 77.8 Å². The number of carboxylic acid groups (broad SMARTS) is 1. The van der Waals surface area contributed by atoms with Gasteiger partial charge in [-0.25, -0.2) is 0 Å². The molecule has 0 fully saturated rings. The van der Waals surface area contributed by atoms with Gasteiger partial charge >= 0.3 is 5.97 Å². The molecule has 0 aromatic rings. The highest BCUT2D eigenvalue weighted by Gasteiger charge is 2.10. The molecular weight excluding hydrogens is 328 g/mol. The van der Waals surface area contributed by atoms with Crippen molar-refractivity contribution in [3.05, 3.63) is 72.9 Å². The van der Waals surface area contributed by atoms with E-state index in [4.69, 9.17) is 5.11 Å². The largest absolute Gasteiger partial charge is 0.481 e. The molecule has 0 rings (SSSR count). The minimum Gasteiger partial charge on any atom is -0.481 e. The van der Waals surface area contributed by atoms with Crippen molar-refractivity contribution in [1.29, 1.82) is 0 Å². The molecule has 0 saturated carbocycles. The fourth-order valence-corrected chi connectivity index (χ4v) is 1.90. The van der Waals surface area contributed by atoms with Crippen molar-refractivity contribution < 1.29 is 20.1 Å². The fourth-order valence-electron chi connectivity index (χ4n) is 1.90. The molecule has 144 valence electrons. The number of allylic oxidation sites excluding steroid dienone is 10. The van der Waals surface area contributed by atoms with Crippen LogP contribution in [0.3, 0.4) is 0 Å². The number of carboxylic acids is 1. The summed E-state index contributed by atoms with van der Waals surface area (Å²) >= 11 is 0. The summed E-state index contributed by atoms with van der Waals surface area (Å²) in [6, 6.07) is 0. The second-order valence-corrected chi connectivity index (χ2v) is 5.72. The van der Waals surface area contributed by atoms with Crippen molar-refractivity contribution >= 4 is 5.97 Å². The lowest BCUT2D eigenvalue weighted by Gasteiger charge is -2.11. The first-order chi connectivity index (χ1) is 12.6. The predicted octanol–water partition coefficient (Wildman–Crippen LogP) is 4.49. The van der Waals surface area contributed by atoms with E-state index in [1.807, 2.05) is 67.7 Å². The highest BCUT2D eigenvalue weighted by Crippen LogP contribution is 2.02. The van der Waals surface area contributed by atoms with E-state index in [2.05, 4.69) is 0 Å². The molecule has 26 heavy (non-hydrogen) atoms. The number of aliphatic carboxylic acids is 1. The normalized spacial score (nSPS) is 15.5. The van der Waals surface area contributed by atoms with E-state index < -0.39 is 18.2 Å². The molecule has 0 unspecified atom stereocenters. The molecule has 0 aliphatic rings. The third-order valence-electron chi connectivity index (χ3n) is 3.35. The first kappa shape index (κ1) is 23.8. The minimum absolute atomic E-state index is 0.176. The Labute approximate surface area is 157 Å². The molecule has 0 aliphatic carbocycles. The van der Waals surface area contributed by atoms with E-state index in [1.165, 1.54) is 0 Å². The molecule has 4 heteroatoms. The lowest BCUT2D eigenvalue weighted by molar-refractivity contribution is -0.136. The number of aliphatic hydroxyl groups excluding tert-OH is 2. The summed E-state index contributed by atoms with van der Waals surface area (Å²) in [7, 11) is 0. The van der Waals surface area contributed by atoms with Crippen LogP contribution in [0.15, 0.2) is 72.9 Å². The summed E-state index contributed by atoms with van der Waals surface area (Å²) in [4.78, 5) is 10.3. The lowest BCUT2D eigenvalue weighted by Crippen LogP contribution is -2.22. The second-order valence-electron chi connectivity index (χ2n) is 5.72. The smallest absolute Gasteiger partial charge is 0.303 e. The van der Waals surface area contributed by atoms with Crippen molar-refractivity contribution in [2.45, 2.75) is 57.7 Å². The summed E-state index contributed by atoms with van der Waals surface area (Å²) in [5, 5.41) is 28.0. The molecule has 0 saturated heterocycles. The van der Waals surface area contributed by atoms with Gasteiger partial charge in [-0.2, -0.15) is 0 Å². The van der Waals surface area contributed by atoms with Crippen molar-refractivity contribution in [3.8, 4) is 0 Å². The first-order valence-corrected chi connectivity index (χ1v) is 9.10. The maximum Gasteiger partial charge on any atom is 0.303 e. The Kier molecular flexibility index (Phi) is 16.2. The van der Waals surface area contributed by atoms with Crippen LogP contribution in [-0.2, 0) is 4.79 Å². The second kappa shape index (κ2) is 17.6. The van der Waals surface area contributed by atoms with Gasteiger partial charge in [0.25, 0.3) is 0 Å². The van der Waals surface area contributed by atoms with E-state index >= 15 is 0 Å². The zero-order chi connectivity index (χ0) is 19.5. The van der Waals surface area contributed by atoms with E-state index in [-0.39, 0.29) is 6.42 Å². The van der Waals surface area contributed by atoms with Gasteiger partial charge in [0.2, 0.25) is 0 Å².